The summed E-state index contributed by atoms with van der Waals surface area (Å²) in [4.78, 5) is 37.3. The predicted molar refractivity (Wildman–Crippen MR) is 121 cm³/mol. The van der Waals surface area contributed by atoms with E-state index < -0.39 is 18.1 Å². The summed E-state index contributed by atoms with van der Waals surface area (Å²) in [5.74, 6) is -1.44. The Morgan fingerprint density at radius 3 is 2.09 bits per heavy atom. The molecule has 1 aliphatic rings. The number of carboxylic acids is 1. The first kappa shape index (κ1) is 23.3. The Bertz CT molecular complexity index is 942. The van der Waals surface area contributed by atoms with Crippen LogP contribution in [0.2, 0.25) is 0 Å². The SMILES string of the molecule is CCN(CC(=O)O)C(=O)C[C@@H](NC(=O)OCC1c2ccccc2-c2ccccc21)C(C)C. The number of hydrogen-bond donors (Lipinski definition) is 2. The van der Waals surface area contributed by atoms with Crippen LogP contribution >= 0.6 is 0 Å². The third-order valence-corrected chi connectivity index (χ3v) is 5.91. The van der Waals surface area contributed by atoms with Crippen LogP contribution in [0, 0.1) is 5.92 Å². The Kier molecular flexibility index (Phi) is 7.51. The van der Waals surface area contributed by atoms with E-state index in [0.29, 0.717) is 6.54 Å². The van der Waals surface area contributed by atoms with E-state index in [1.165, 1.54) is 4.90 Å². The number of ether oxygens (including phenoxy) is 1. The summed E-state index contributed by atoms with van der Waals surface area (Å²) >= 11 is 0. The molecule has 0 saturated carbocycles. The number of benzene rings is 2. The van der Waals surface area contributed by atoms with Crippen LogP contribution in [0.15, 0.2) is 48.5 Å². The molecule has 2 aromatic carbocycles. The van der Waals surface area contributed by atoms with Gasteiger partial charge in [0, 0.05) is 24.9 Å². The van der Waals surface area contributed by atoms with E-state index in [1.807, 2.05) is 38.1 Å². The van der Waals surface area contributed by atoms with Gasteiger partial charge in [-0.3, -0.25) is 9.59 Å². The van der Waals surface area contributed by atoms with Gasteiger partial charge in [-0.05, 0) is 35.1 Å². The van der Waals surface area contributed by atoms with Crippen molar-refractivity contribution in [1.82, 2.24) is 10.2 Å². The minimum Gasteiger partial charge on any atom is -0.480 e. The van der Waals surface area contributed by atoms with Gasteiger partial charge in [0.05, 0.1) is 0 Å². The van der Waals surface area contributed by atoms with Gasteiger partial charge >= 0.3 is 12.1 Å². The highest BCUT2D eigenvalue weighted by molar-refractivity contribution is 5.82. The Balaban J connectivity index is 1.63. The van der Waals surface area contributed by atoms with Gasteiger partial charge in [-0.25, -0.2) is 4.79 Å². The second-order valence-corrected chi connectivity index (χ2v) is 8.33. The summed E-state index contributed by atoms with van der Waals surface area (Å²) in [7, 11) is 0. The number of aliphatic carboxylic acids is 1. The van der Waals surface area contributed by atoms with Crippen molar-refractivity contribution in [3.05, 3.63) is 59.7 Å². The number of carbonyl (C=O) groups is 3. The molecule has 0 saturated heterocycles. The van der Waals surface area contributed by atoms with Gasteiger partial charge in [-0.1, -0.05) is 62.4 Å². The molecule has 0 unspecified atom stereocenters. The topological polar surface area (TPSA) is 95.9 Å². The summed E-state index contributed by atoms with van der Waals surface area (Å²) < 4.78 is 5.58. The number of nitrogens with one attached hydrogen (secondary N) is 1. The number of nitrogens with zero attached hydrogens (tertiary/aromatic N) is 1. The number of carboxylic acid groups (broad SMARTS) is 1. The van der Waals surface area contributed by atoms with Crippen LogP contribution in [-0.4, -0.2) is 53.7 Å². The first-order valence-electron chi connectivity index (χ1n) is 10.9. The average molecular weight is 439 g/mol. The number of hydrogen-bond acceptors (Lipinski definition) is 4. The van der Waals surface area contributed by atoms with Crippen molar-refractivity contribution in [1.29, 1.82) is 0 Å². The number of carbonyl (C=O) groups excluding carboxylic acids is 2. The number of likely N-dealkylation sites (N-methyl/N-ethyl adjacent to an activating group) is 1. The van der Waals surface area contributed by atoms with Crippen molar-refractivity contribution in [2.45, 2.75) is 39.2 Å². The van der Waals surface area contributed by atoms with Crippen LogP contribution < -0.4 is 5.32 Å². The average Bonchev–Trinajstić information content (AvgIpc) is 3.09. The van der Waals surface area contributed by atoms with Gasteiger partial charge in [-0.15, -0.1) is 0 Å². The van der Waals surface area contributed by atoms with E-state index in [9.17, 15) is 14.4 Å². The van der Waals surface area contributed by atoms with Gasteiger partial charge in [0.2, 0.25) is 5.91 Å². The first-order chi connectivity index (χ1) is 15.3. The number of alkyl carbamates (subject to hydrolysis) is 1. The molecule has 0 fully saturated rings. The molecular formula is C25H30N2O5. The fourth-order valence-electron chi connectivity index (χ4n) is 4.10. The van der Waals surface area contributed by atoms with Crippen LogP contribution in [0.3, 0.4) is 0 Å². The second kappa shape index (κ2) is 10.3. The minimum atomic E-state index is -1.06. The summed E-state index contributed by atoms with van der Waals surface area (Å²) in [6.07, 6.45) is -0.567. The van der Waals surface area contributed by atoms with Crippen LogP contribution in [0.4, 0.5) is 4.79 Å². The zero-order chi connectivity index (χ0) is 23.3. The maximum Gasteiger partial charge on any atom is 0.407 e. The third-order valence-electron chi connectivity index (χ3n) is 5.91. The van der Waals surface area contributed by atoms with E-state index in [2.05, 4.69) is 29.6 Å². The highest BCUT2D eigenvalue weighted by atomic mass is 16.5. The molecule has 7 nitrogen and oxygen atoms in total. The molecule has 3 rings (SSSR count). The highest BCUT2D eigenvalue weighted by Gasteiger charge is 2.30. The lowest BCUT2D eigenvalue weighted by Crippen LogP contribution is -2.44. The standard InChI is InChI=1S/C25H30N2O5/c1-4-27(14-24(29)30)23(28)13-22(16(2)3)26-25(31)32-15-21-19-11-7-5-9-17(19)18-10-6-8-12-20(18)21/h5-12,16,21-22H,4,13-15H2,1-3H3,(H,26,31)(H,29,30)/t22-/m1/s1. The van der Waals surface area contributed by atoms with Crippen molar-refractivity contribution >= 4 is 18.0 Å². The van der Waals surface area contributed by atoms with Crippen LogP contribution in [-0.2, 0) is 14.3 Å². The fraction of sp³-hybridized carbons (Fsp3) is 0.400. The van der Waals surface area contributed by atoms with Crippen molar-refractivity contribution < 1.29 is 24.2 Å². The second-order valence-electron chi connectivity index (χ2n) is 8.33. The zero-order valence-electron chi connectivity index (χ0n) is 18.7. The molecule has 2 aromatic rings. The van der Waals surface area contributed by atoms with Crippen LogP contribution in [0.5, 0.6) is 0 Å². The lowest BCUT2D eigenvalue weighted by Gasteiger charge is -2.26. The van der Waals surface area contributed by atoms with Crippen molar-refractivity contribution in [2.24, 2.45) is 5.92 Å². The summed E-state index contributed by atoms with van der Waals surface area (Å²) in [5, 5.41) is 11.8. The fourth-order valence-corrected chi connectivity index (χ4v) is 4.10. The zero-order valence-corrected chi connectivity index (χ0v) is 18.7. The highest BCUT2D eigenvalue weighted by Crippen LogP contribution is 2.44. The summed E-state index contributed by atoms with van der Waals surface area (Å²) in [5.41, 5.74) is 4.57. The first-order valence-corrected chi connectivity index (χ1v) is 10.9. The molecule has 32 heavy (non-hydrogen) atoms. The van der Waals surface area contributed by atoms with Crippen molar-refractivity contribution in [3.63, 3.8) is 0 Å². The Labute approximate surface area is 188 Å². The molecular weight excluding hydrogens is 408 g/mol. The van der Waals surface area contributed by atoms with E-state index in [1.54, 1.807) is 6.92 Å². The molecule has 0 radical (unpaired) electrons. The quantitative estimate of drug-likeness (QED) is 0.620. The molecule has 2 amide bonds. The monoisotopic (exact) mass is 438 g/mol. The molecule has 170 valence electrons. The van der Waals surface area contributed by atoms with Gasteiger partial charge in [0.1, 0.15) is 13.2 Å². The minimum absolute atomic E-state index is 0.0168. The lowest BCUT2D eigenvalue weighted by molar-refractivity contribution is -0.144. The van der Waals surface area contributed by atoms with Crippen molar-refractivity contribution in [3.8, 4) is 11.1 Å². The van der Waals surface area contributed by atoms with Gasteiger partial charge in [-0.2, -0.15) is 0 Å². The molecule has 7 heteroatoms. The summed E-state index contributed by atoms with van der Waals surface area (Å²) in [6, 6.07) is 15.8. The molecule has 0 bridgehead atoms. The Morgan fingerprint density at radius 1 is 1.03 bits per heavy atom. The Hall–Kier alpha value is -3.35. The maximum absolute atomic E-state index is 12.6. The number of rotatable bonds is 9. The van der Waals surface area contributed by atoms with E-state index in [0.717, 1.165) is 22.3 Å². The molecule has 0 aromatic heterocycles. The van der Waals surface area contributed by atoms with E-state index >= 15 is 0 Å². The molecule has 1 aliphatic carbocycles. The lowest BCUT2D eigenvalue weighted by atomic mass is 9.98. The Morgan fingerprint density at radius 2 is 1.59 bits per heavy atom. The molecule has 2 N–H and O–H groups in total. The van der Waals surface area contributed by atoms with E-state index in [4.69, 9.17) is 9.84 Å². The molecule has 1 atom stereocenters. The van der Waals surface area contributed by atoms with Gasteiger partial charge in [0.25, 0.3) is 0 Å². The number of amides is 2. The summed E-state index contributed by atoms with van der Waals surface area (Å²) in [6.45, 7) is 5.65. The van der Waals surface area contributed by atoms with Gasteiger partial charge < -0.3 is 20.1 Å². The van der Waals surface area contributed by atoms with E-state index in [-0.39, 0.29) is 37.3 Å². The maximum atomic E-state index is 12.6. The van der Waals surface area contributed by atoms with Crippen LogP contribution in [0.25, 0.3) is 11.1 Å². The third kappa shape index (κ3) is 5.28. The molecule has 0 aliphatic heterocycles. The predicted octanol–water partition coefficient (Wildman–Crippen LogP) is 3.87. The molecule has 0 spiro atoms. The normalized spacial score (nSPS) is 13.2. The van der Waals surface area contributed by atoms with Crippen molar-refractivity contribution in [2.75, 3.05) is 19.7 Å². The number of fused-ring (bicyclic) bond motifs is 3. The van der Waals surface area contributed by atoms with Crippen LogP contribution in [0.1, 0.15) is 44.2 Å². The largest absolute Gasteiger partial charge is 0.480 e. The smallest absolute Gasteiger partial charge is 0.407 e. The molecule has 0 heterocycles. The van der Waals surface area contributed by atoms with Gasteiger partial charge in [0.15, 0.2) is 0 Å².